The van der Waals surface area contributed by atoms with Crippen LogP contribution in [-0.4, -0.2) is 88.8 Å². The monoisotopic (exact) mass is 524 g/mol. The molecular weight excluding hydrogens is 496 g/mol. The van der Waals surface area contributed by atoms with E-state index in [1.54, 1.807) is 53.6 Å². The van der Waals surface area contributed by atoms with Gasteiger partial charge in [0.2, 0.25) is 16.0 Å². The van der Waals surface area contributed by atoms with E-state index in [0.29, 0.717) is 55.9 Å². The maximum absolute atomic E-state index is 12.4. The molecule has 1 aliphatic rings. The quantitative estimate of drug-likeness (QED) is 0.333. The van der Waals surface area contributed by atoms with Gasteiger partial charge in [-0.05, 0) is 29.8 Å². The highest BCUT2D eigenvalue weighted by Gasteiger charge is 2.21. The minimum absolute atomic E-state index is 0.192. The first-order chi connectivity index (χ1) is 17.8. The number of rotatable bonds is 9. The Morgan fingerprint density at radius 3 is 2.68 bits per heavy atom. The van der Waals surface area contributed by atoms with Gasteiger partial charge in [-0.25, -0.2) is 23.1 Å². The number of hydrogen-bond acceptors (Lipinski definition) is 10. The van der Waals surface area contributed by atoms with Crippen molar-refractivity contribution in [3.8, 4) is 5.75 Å². The zero-order valence-electron chi connectivity index (χ0n) is 20.4. The Bertz CT molecular complexity index is 1470. The van der Waals surface area contributed by atoms with Crippen LogP contribution in [-0.2, 0) is 21.3 Å². The van der Waals surface area contributed by atoms with E-state index in [9.17, 15) is 13.5 Å². The molecule has 0 unspecified atom stereocenters. The highest BCUT2D eigenvalue weighted by atomic mass is 32.2. The van der Waals surface area contributed by atoms with Crippen molar-refractivity contribution in [3.63, 3.8) is 0 Å². The Morgan fingerprint density at radius 2 is 1.95 bits per heavy atom. The number of aromatic hydroxyl groups is 1. The van der Waals surface area contributed by atoms with Gasteiger partial charge in [0.1, 0.15) is 11.6 Å². The number of benzene rings is 1. The molecule has 1 aromatic carbocycles. The van der Waals surface area contributed by atoms with E-state index in [-0.39, 0.29) is 5.75 Å². The van der Waals surface area contributed by atoms with E-state index < -0.39 is 10.0 Å². The van der Waals surface area contributed by atoms with Gasteiger partial charge in [-0.1, -0.05) is 12.1 Å². The third-order valence-electron chi connectivity index (χ3n) is 6.00. The lowest BCUT2D eigenvalue weighted by molar-refractivity contribution is 0.0395. The molecule has 0 radical (unpaired) electrons. The first-order valence-corrected chi connectivity index (χ1v) is 13.7. The second-order valence-electron chi connectivity index (χ2n) is 8.76. The van der Waals surface area contributed by atoms with Crippen molar-refractivity contribution >= 4 is 38.5 Å². The number of nitrogens with zero attached hydrogens (tertiary/aromatic N) is 7. The zero-order valence-corrected chi connectivity index (χ0v) is 21.2. The number of nitrogens with one attached hydrogen (secondary N) is 1. The number of phenols is 1. The highest BCUT2D eigenvalue weighted by molar-refractivity contribution is 7.92. The van der Waals surface area contributed by atoms with Crippen LogP contribution in [0.15, 0.2) is 55.0 Å². The second-order valence-corrected chi connectivity index (χ2v) is 10.7. The molecule has 5 rings (SSSR count). The van der Waals surface area contributed by atoms with Crippen LogP contribution in [0.2, 0.25) is 0 Å². The molecule has 0 amide bonds. The fourth-order valence-corrected chi connectivity index (χ4v) is 4.98. The number of phenolic OH excluding ortho intramolecular Hbond substituents is 1. The molecular formula is C24H28N8O4S. The molecule has 13 heteroatoms. The Kier molecular flexibility index (Phi) is 7.17. The first kappa shape index (κ1) is 24.9. The molecule has 194 valence electrons. The van der Waals surface area contributed by atoms with Crippen LogP contribution < -0.4 is 9.62 Å². The van der Waals surface area contributed by atoms with E-state index in [1.165, 1.54) is 10.6 Å². The van der Waals surface area contributed by atoms with Crippen LogP contribution >= 0.6 is 0 Å². The van der Waals surface area contributed by atoms with Crippen molar-refractivity contribution in [3.05, 3.63) is 60.6 Å². The summed E-state index contributed by atoms with van der Waals surface area (Å²) >= 11 is 0. The molecule has 12 nitrogen and oxygen atoms in total. The van der Waals surface area contributed by atoms with E-state index in [2.05, 4.69) is 30.3 Å². The van der Waals surface area contributed by atoms with Gasteiger partial charge < -0.3 is 15.2 Å². The lowest BCUT2D eigenvalue weighted by Gasteiger charge is -2.29. The average molecular weight is 525 g/mol. The number of pyridine rings is 1. The summed E-state index contributed by atoms with van der Waals surface area (Å²) < 4.78 is 33.3. The second kappa shape index (κ2) is 10.7. The van der Waals surface area contributed by atoms with Crippen molar-refractivity contribution in [1.82, 2.24) is 29.6 Å². The molecule has 1 fully saturated rings. The molecule has 2 N–H and O–H groups in total. The largest absolute Gasteiger partial charge is 0.508 e. The minimum atomic E-state index is -3.50. The van der Waals surface area contributed by atoms with Crippen LogP contribution in [0.25, 0.3) is 11.0 Å². The van der Waals surface area contributed by atoms with Gasteiger partial charge >= 0.3 is 0 Å². The molecule has 1 saturated heterocycles. The smallest absolute Gasteiger partial charge is 0.233 e. The predicted octanol–water partition coefficient (Wildman–Crippen LogP) is 1.82. The van der Waals surface area contributed by atoms with Crippen molar-refractivity contribution in [2.45, 2.75) is 6.54 Å². The summed E-state index contributed by atoms with van der Waals surface area (Å²) in [5.74, 6) is 0.895. The molecule has 0 atom stereocenters. The van der Waals surface area contributed by atoms with Crippen LogP contribution in [0.5, 0.6) is 5.75 Å². The first-order valence-electron chi connectivity index (χ1n) is 11.8. The van der Waals surface area contributed by atoms with Crippen molar-refractivity contribution in [1.29, 1.82) is 0 Å². The zero-order chi connectivity index (χ0) is 25.8. The molecule has 0 aliphatic carbocycles. The number of fused-ring (bicyclic) bond motifs is 1. The van der Waals surface area contributed by atoms with Gasteiger partial charge in [0.25, 0.3) is 0 Å². The molecule has 37 heavy (non-hydrogen) atoms. The maximum atomic E-state index is 12.4. The third-order valence-corrected chi connectivity index (χ3v) is 7.17. The summed E-state index contributed by atoms with van der Waals surface area (Å²) in [7, 11) is -3.50. The van der Waals surface area contributed by atoms with Gasteiger partial charge in [-0.15, -0.1) is 0 Å². The Morgan fingerprint density at radius 1 is 1.11 bits per heavy atom. The van der Waals surface area contributed by atoms with E-state index in [1.807, 2.05) is 6.07 Å². The van der Waals surface area contributed by atoms with Crippen LogP contribution in [0, 0.1) is 0 Å². The van der Waals surface area contributed by atoms with Gasteiger partial charge in [-0.2, -0.15) is 10.1 Å². The van der Waals surface area contributed by atoms with Gasteiger partial charge in [0.05, 0.1) is 49.5 Å². The molecule has 4 heterocycles. The Balaban J connectivity index is 1.30. The van der Waals surface area contributed by atoms with Crippen molar-refractivity contribution in [2.75, 3.05) is 55.3 Å². The van der Waals surface area contributed by atoms with E-state index in [4.69, 9.17) is 4.74 Å². The van der Waals surface area contributed by atoms with Crippen LogP contribution in [0.4, 0.5) is 17.5 Å². The fourth-order valence-electron chi connectivity index (χ4n) is 4.11. The van der Waals surface area contributed by atoms with Gasteiger partial charge in [0.15, 0.2) is 5.65 Å². The summed E-state index contributed by atoms with van der Waals surface area (Å²) in [6, 6.07) is 10.4. The van der Waals surface area contributed by atoms with Crippen LogP contribution in [0.1, 0.15) is 5.56 Å². The topological polar surface area (TPSA) is 139 Å². The molecule has 0 saturated carbocycles. The summed E-state index contributed by atoms with van der Waals surface area (Å²) in [5.41, 5.74) is 2.14. The Labute approximate surface area is 214 Å². The van der Waals surface area contributed by atoms with Crippen molar-refractivity contribution < 1.29 is 18.3 Å². The fraction of sp³-hybridized carbons (Fsp3) is 0.333. The maximum Gasteiger partial charge on any atom is 0.233 e. The third kappa shape index (κ3) is 6.13. The molecule has 0 spiro atoms. The molecule has 0 bridgehead atoms. The minimum Gasteiger partial charge on any atom is -0.508 e. The predicted molar refractivity (Wildman–Crippen MR) is 140 cm³/mol. The molecule has 1 aliphatic heterocycles. The van der Waals surface area contributed by atoms with Crippen molar-refractivity contribution in [2.24, 2.45) is 0 Å². The number of morpholine rings is 1. The average Bonchev–Trinajstić information content (AvgIpc) is 3.27. The summed E-state index contributed by atoms with van der Waals surface area (Å²) in [4.78, 5) is 15.5. The van der Waals surface area contributed by atoms with Gasteiger partial charge in [0, 0.05) is 32.4 Å². The van der Waals surface area contributed by atoms with E-state index >= 15 is 0 Å². The SMILES string of the molecule is CS(=O)(=O)N(CCN1CCOCC1)c1ccc(Nc2ncc3cnn(Cc4cccc(O)c4)c3n2)cn1. The number of sulfonamides is 1. The number of anilines is 3. The summed E-state index contributed by atoms with van der Waals surface area (Å²) in [5, 5.41) is 18.0. The summed E-state index contributed by atoms with van der Waals surface area (Å²) in [6.07, 6.45) is 6.10. The van der Waals surface area contributed by atoms with E-state index in [0.717, 1.165) is 24.0 Å². The van der Waals surface area contributed by atoms with Gasteiger partial charge in [-0.3, -0.25) is 9.21 Å². The highest BCUT2D eigenvalue weighted by Crippen LogP contribution is 2.21. The lowest BCUT2D eigenvalue weighted by Crippen LogP contribution is -2.43. The standard InChI is InChI=1S/C24H28N8O4S/c1-37(34,35)32(8-7-30-9-11-36-12-10-30)22-6-5-20(16-25-22)28-24-26-14-19-15-27-31(23(19)29-24)17-18-3-2-4-21(33)13-18/h2-6,13-16,33H,7-12,17H2,1H3,(H,26,28,29). The van der Waals surface area contributed by atoms with Crippen LogP contribution in [0.3, 0.4) is 0 Å². The lowest BCUT2D eigenvalue weighted by atomic mass is 10.2. The normalized spacial score (nSPS) is 14.6. The summed E-state index contributed by atoms with van der Waals surface area (Å²) in [6.45, 7) is 4.22. The molecule has 3 aromatic heterocycles. The number of hydrogen-bond donors (Lipinski definition) is 2. The molecule has 4 aromatic rings. The number of ether oxygens (including phenoxy) is 1. The Hall–Kier alpha value is -3.81. The number of aromatic nitrogens is 5.